The van der Waals surface area contributed by atoms with Gasteiger partial charge in [0.15, 0.2) is 0 Å². The van der Waals surface area contributed by atoms with Crippen LogP contribution in [-0.2, 0) is 5.41 Å². The number of nitrogens with zero attached hydrogens (tertiary/aromatic N) is 2. The molecule has 0 saturated carbocycles. The zero-order chi connectivity index (χ0) is 20.0. The van der Waals surface area contributed by atoms with Crippen molar-refractivity contribution in [3.8, 4) is 5.75 Å². The van der Waals surface area contributed by atoms with Crippen molar-refractivity contribution in [2.24, 2.45) is 5.10 Å². The summed E-state index contributed by atoms with van der Waals surface area (Å²) in [5.74, 6) is -0.155. The lowest BCUT2D eigenvalue weighted by Gasteiger charge is -2.21. The topological polar surface area (TPSA) is 64.9 Å². The van der Waals surface area contributed by atoms with Gasteiger partial charge in [-0.3, -0.25) is 4.79 Å². The monoisotopic (exact) mass is 367 g/mol. The average Bonchev–Trinajstić information content (AvgIpc) is 2.63. The normalized spacial score (nSPS) is 11.6. The molecule has 0 spiro atoms. The third-order valence-electron chi connectivity index (χ3n) is 4.53. The van der Waals surface area contributed by atoms with E-state index in [1.54, 1.807) is 24.3 Å². The second kappa shape index (κ2) is 8.71. The number of anilines is 1. The molecule has 5 nitrogen and oxygen atoms in total. The van der Waals surface area contributed by atoms with Crippen LogP contribution in [0.1, 0.15) is 56.1 Å². The molecular weight excluding hydrogens is 338 g/mol. The van der Waals surface area contributed by atoms with Crippen molar-refractivity contribution in [2.75, 3.05) is 18.0 Å². The molecule has 2 aromatic rings. The summed E-state index contributed by atoms with van der Waals surface area (Å²) in [7, 11) is 0. The molecule has 0 aromatic heterocycles. The molecule has 0 heterocycles. The minimum absolute atomic E-state index is 0.0436. The van der Waals surface area contributed by atoms with Gasteiger partial charge in [0.05, 0.1) is 6.21 Å². The van der Waals surface area contributed by atoms with E-state index in [0.29, 0.717) is 11.1 Å². The third kappa shape index (κ3) is 5.33. The fourth-order valence-corrected chi connectivity index (χ4v) is 2.77. The van der Waals surface area contributed by atoms with Gasteiger partial charge in [-0.25, -0.2) is 5.43 Å². The minimum Gasteiger partial charge on any atom is -0.507 e. The minimum atomic E-state index is -0.286. The van der Waals surface area contributed by atoms with Gasteiger partial charge in [-0.15, -0.1) is 0 Å². The quantitative estimate of drug-likeness (QED) is 0.591. The van der Waals surface area contributed by atoms with Crippen molar-refractivity contribution >= 4 is 17.8 Å². The molecular formula is C22H29N3O2. The molecule has 0 aliphatic heterocycles. The van der Waals surface area contributed by atoms with Crippen LogP contribution in [0.4, 0.5) is 5.69 Å². The lowest BCUT2D eigenvalue weighted by molar-refractivity contribution is 0.0955. The Morgan fingerprint density at radius 1 is 1.11 bits per heavy atom. The first-order valence-corrected chi connectivity index (χ1v) is 9.28. The molecule has 0 bridgehead atoms. The number of carbonyl (C=O) groups is 1. The van der Waals surface area contributed by atoms with E-state index in [1.165, 1.54) is 11.8 Å². The van der Waals surface area contributed by atoms with E-state index in [9.17, 15) is 9.90 Å². The Kier molecular flexibility index (Phi) is 6.61. The maximum Gasteiger partial charge on any atom is 0.271 e. The first-order chi connectivity index (χ1) is 12.8. The summed E-state index contributed by atoms with van der Waals surface area (Å²) in [5, 5.41) is 14.2. The van der Waals surface area contributed by atoms with Crippen molar-refractivity contribution in [2.45, 2.75) is 40.0 Å². The third-order valence-corrected chi connectivity index (χ3v) is 4.53. The van der Waals surface area contributed by atoms with E-state index < -0.39 is 0 Å². The Morgan fingerprint density at radius 3 is 2.26 bits per heavy atom. The highest BCUT2D eigenvalue weighted by molar-refractivity contribution is 5.95. The summed E-state index contributed by atoms with van der Waals surface area (Å²) in [6, 6.07) is 12.9. The summed E-state index contributed by atoms with van der Waals surface area (Å²) < 4.78 is 0. The smallest absolute Gasteiger partial charge is 0.271 e. The molecule has 144 valence electrons. The van der Waals surface area contributed by atoms with E-state index in [1.807, 2.05) is 18.2 Å². The van der Waals surface area contributed by atoms with Crippen LogP contribution < -0.4 is 10.3 Å². The fourth-order valence-electron chi connectivity index (χ4n) is 2.77. The predicted molar refractivity (Wildman–Crippen MR) is 112 cm³/mol. The number of aromatic hydroxyl groups is 1. The zero-order valence-corrected chi connectivity index (χ0v) is 16.8. The zero-order valence-electron chi connectivity index (χ0n) is 16.8. The number of nitrogens with one attached hydrogen (secondary N) is 1. The Morgan fingerprint density at radius 2 is 1.74 bits per heavy atom. The van der Waals surface area contributed by atoms with E-state index in [4.69, 9.17) is 0 Å². The van der Waals surface area contributed by atoms with Gasteiger partial charge >= 0.3 is 0 Å². The Hall–Kier alpha value is -2.82. The molecule has 2 aromatic carbocycles. The molecule has 0 unspecified atom stereocenters. The highest BCUT2D eigenvalue weighted by atomic mass is 16.3. The molecule has 0 aliphatic carbocycles. The summed E-state index contributed by atoms with van der Waals surface area (Å²) in [6.07, 6.45) is 1.45. The summed E-state index contributed by atoms with van der Waals surface area (Å²) in [5.41, 5.74) is 5.76. The second-order valence-corrected chi connectivity index (χ2v) is 7.44. The van der Waals surface area contributed by atoms with Crippen molar-refractivity contribution in [3.63, 3.8) is 0 Å². The average molecular weight is 367 g/mol. The van der Waals surface area contributed by atoms with Gasteiger partial charge in [-0.1, -0.05) is 32.9 Å². The molecule has 5 heteroatoms. The van der Waals surface area contributed by atoms with Gasteiger partial charge in [-0.05, 0) is 49.1 Å². The van der Waals surface area contributed by atoms with Crippen LogP contribution in [0.15, 0.2) is 47.6 Å². The maximum atomic E-state index is 12.2. The number of carbonyl (C=O) groups excluding carboxylic acids is 1. The molecule has 0 aliphatic rings. The van der Waals surface area contributed by atoms with Gasteiger partial charge < -0.3 is 10.0 Å². The van der Waals surface area contributed by atoms with E-state index in [0.717, 1.165) is 18.8 Å². The van der Waals surface area contributed by atoms with Crippen molar-refractivity contribution in [1.29, 1.82) is 0 Å². The van der Waals surface area contributed by atoms with Crippen LogP contribution in [-0.4, -0.2) is 30.3 Å². The molecule has 0 radical (unpaired) electrons. The van der Waals surface area contributed by atoms with Gasteiger partial charge in [0.25, 0.3) is 5.91 Å². The Labute approximate surface area is 161 Å². The number of hydrogen-bond acceptors (Lipinski definition) is 4. The largest absolute Gasteiger partial charge is 0.507 e. The SMILES string of the molecule is CCN(CC)c1ccc(/C=N\NC(=O)c2ccc(C(C)(C)C)cc2)c(O)c1. The number of phenolic OH excluding ortho intramolecular Hbond substituents is 1. The fraction of sp³-hybridized carbons (Fsp3) is 0.364. The molecule has 1 amide bonds. The van der Waals surface area contributed by atoms with Gasteiger partial charge in [0, 0.05) is 36.0 Å². The molecule has 0 atom stereocenters. The lowest BCUT2D eigenvalue weighted by Crippen LogP contribution is -2.21. The van der Waals surface area contributed by atoms with Crippen LogP contribution in [0.3, 0.4) is 0 Å². The van der Waals surface area contributed by atoms with Crippen LogP contribution in [0.5, 0.6) is 5.75 Å². The Bertz CT molecular complexity index is 801. The summed E-state index contributed by atoms with van der Waals surface area (Å²) in [6.45, 7) is 12.3. The van der Waals surface area contributed by atoms with Gasteiger partial charge in [-0.2, -0.15) is 5.10 Å². The molecule has 0 saturated heterocycles. The lowest BCUT2D eigenvalue weighted by atomic mass is 9.87. The molecule has 27 heavy (non-hydrogen) atoms. The first-order valence-electron chi connectivity index (χ1n) is 9.28. The highest BCUT2D eigenvalue weighted by Crippen LogP contribution is 2.24. The van der Waals surface area contributed by atoms with Crippen LogP contribution in [0.25, 0.3) is 0 Å². The van der Waals surface area contributed by atoms with Gasteiger partial charge in [0.1, 0.15) is 5.75 Å². The number of hydrazone groups is 1. The number of rotatable bonds is 6. The molecule has 2 rings (SSSR count). The number of benzene rings is 2. The van der Waals surface area contributed by atoms with Crippen molar-refractivity contribution in [3.05, 3.63) is 59.2 Å². The standard InChI is InChI=1S/C22H29N3O2/c1-6-25(7-2)19-13-10-17(20(26)14-19)15-23-24-21(27)16-8-11-18(12-9-16)22(3,4)5/h8-15,26H,6-7H2,1-5H3,(H,24,27)/b23-15-. The van der Waals surface area contributed by atoms with E-state index in [2.05, 4.69) is 50.0 Å². The van der Waals surface area contributed by atoms with Crippen LogP contribution in [0.2, 0.25) is 0 Å². The Balaban J connectivity index is 2.03. The van der Waals surface area contributed by atoms with Crippen molar-refractivity contribution < 1.29 is 9.90 Å². The second-order valence-electron chi connectivity index (χ2n) is 7.44. The highest BCUT2D eigenvalue weighted by Gasteiger charge is 2.14. The summed E-state index contributed by atoms with van der Waals surface area (Å²) in [4.78, 5) is 14.4. The molecule has 0 fully saturated rings. The van der Waals surface area contributed by atoms with E-state index >= 15 is 0 Å². The first kappa shape index (κ1) is 20.5. The van der Waals surface area contributed by atoms with Crippen LogP contribution >= 0.6 is 0 Å². The van der Waals surface area contributed by atoms with E-state index in [-0.39, 0.29) is 17.1 Å². The van der Waals surface area contributed by atoms with Crippen molar-refractivity contribution in [1.82, 2.24) is 5.43 Å². The van der Waals surface area contributed by atoms with Crippen LogP contribution in [0, 0.1) is 0 Å². The predicted octanol–water partition coefficient (Wildman–Crippen LogP) is 4.30. The maximum absolute atomic E-state index is 12.2. The van der Waals surface area contributed by atoms with Gasteiger partial charge in [0.2, 0.25) is 0 Å². The summed E-state index contributed by atoms with van der Waals surface area (Å²) >= 11 is 0. The number of amides is 1. The number of phenols is 1. The number of hydrogen-bond donors (Lipinski definition) is 2. The molecule has 2 N–H and O–H groups in total.